The van der Waals surface area contributed by atoms with Crippen LogP contribution in [0.4, 0.5) is 10.8 Å². The average molecular weight is 458 g/mol. The molecule has 1 aromatic heterocycles. The summed E-state index contributed by atoms with van der Waals surface area (Å²) in [5.41, 5.74) is 3.26. The van der Waals surface area contributed by atoms with Crippen LogP contribution >= 0.6 is 11.3 Å². The van der Waals surface area contributed by atoms with E-state index in [1.54, 1.807) is 48.5 Å². The Bertz CT molecular complexity index is 1300. The summed E-state index contributed by atoms with van der Waals surface area (Å²) in [6.45, 7) is 1.06. The molecule has 0 bridgehead atoms. The van der Waals surface area contributed by atoms with Crippen molar-refractivity contribution in [1.29, 1.82) is 0 Å². The van der Waals surface area contributed by atoms with Crippen molar-refractivity contribution >= 4 is 34.0 Å². The van der Waals surface area contributed by atoms with Crippen molar-refractivity contribution in [3.8, 4) is 22.8 Å². The van der Waals surface area contributed by atoms with Crippen LogP contribution in [0.25, 0.3) is 11.3 Å². The van der Waals surface area contributed by atoms with E-state index in [1.165, 1.54) is 11.3 Å². The van der Waals surface area contributed by atoms with E-state index >= 15 is 0 Å². The van der Waals surface area contributed by atoms with Crippen molar-refractivity contribution in [2.45, 2.75) is 0 Å². The molecular weight excluding hydrogens is 438 g/mol. The number of aromatic nitrogens is 1. The highest BCUT2D eigenvalue weighted by atomic mass is 32.1. The van der Waals surface area contributed by atoms with Gasteiger partial charge in [0.05, 0.1) is 5.69 Å². The van der Waals surface area contributed by atoms with Gasteiger partial charge in [-0.25, -0.2) is 4.98 Å². The summed E-state index contributed by atoms with van der Waals surface area (Å²) in [6.07, 6.45) is 0. The fourth-order valence-electron chi connectivity index (χ4n) is 3.33. The lowest BCUT2D eigenvalue weighted by molar-refractivity contribution is 0.102. The second-order valence-electron chi connectivity index (χ2n) is 7.25. The third-order valence-electron chi connectivity index (χ3n) is 5.00. The molecule has 7 nitrogen and oxygen atoms in total. The van der Waals surface area contributed by atoms with Gasteiger partial charge in [0.25, 0.3) is 11.8 Å². The minimum atomic E-state index is -0.279. The Morgan fingerprint density at radius 2 is 1.48 bits per heavy atom. The second-order valence-corrected chi connectivity index (χ2v) is 8.11. The minimum absolute atomic E-state index is 0.206. The molecule has 5 rings (SSSR count). The molecule has 4 aromatic rings. The van der Waals surface area contributed by atoms with Crippen LogP contribution < -0.4 is 20.1 Å². The predicted molar refractivity (Wildman–Crippen MR) is 127 cm³/mol. The SMILES string of the molecule is O=C(Nc1ccc(C(=O)Nc2nc(-c3ccc4c(c3)OCCO4)cs2)cc1)c1ccccc1. The number of fused-ring (bicyclic) bond motifs is 1. The molecule has 0 atom stereocenters. The first-order valence-electron chi connectivity index (χ1n) is 10.3. The molecule has 0 radical (unpaired) electrons. The molecule has 2 N–H and O–H groups in total. The Labute approximate surface area is 194 Å². The van der Waals surface area contributed by atoms with Gasteiger partial charge in [-0.1, -0.05) is 18.2 Å². The fraction of sp³-hybridized carbons (Fsp3) is 0.0800. The maximum absolute atomic E-state index is 12.6. The third-order valence-corrected chi connectivity index (χ3v) is 5.76. The van der Waals surface area contributed by atoms with Gasteiger partial charge < -0.3 is 14.8 Å². The molecule has 0 unspecified atom stereocenters. The summed E-state index contributed by atoms with van der Waals surface area (Å²) in [4.78, 5) is 29.4. The number of hydrogen-bond donors (Lipinski definition) is 2. The molecule has 164 valence electrons. The number of nitrogens with zero attached hydrogens (tertiary/aromatic N) is 1. The Hall–Kier alpha value is -4.17. The van der Waals surface area contributed by atoms with E-state index in [0.29, 0.717) is 40.9 Å². The molecule has 33 heavy (non-hydrogen) atoms. The number of carbonyl (C=O) groups is 2. The number of carbonyl (C=O) groups excluding carboxylic acids is 2. The average Bonchev–Trinajstić information content (AvgIpc) is 3.33. The maximum atomic E-state index is 12.6. The maximum Gasteiger partial charge on any atom is 0.257 e. The van der Waals surface area contributed by atoms with Gasteiger partial charge in [0.2, 0.25) is 0 Å². The van der Waals surface area contributed by atoms with E-state index in [4.69, 9.17) is 9.47 Å². The zero-order valence-corrected chi connectivity index (χ0v) is 18.2. The normalized spacial score (nSPS) is 12.1. The number of thiazole rings is 1. The van der Waals surface area contributed by atoms with Crippen LogP contribution in [0.5, 0.6) is 11.5 Å². The van der Waals surface area contributed by atoms with Crippen molar-refractivity contribution in [2.75, 3.05) is 23.8 Å². The number of ether oxygens (including phenoxy) is 2. The molecule has 0 aliphatic carbocycles. The van der Waals surface area contributed by atoms with Crippen molar-refractivity contribution < 1.29 is 19.1 Å². The number of hydrogen-bond acceptors (Lipinski definition) is 6. The summed E-state index contributed by atoms with van der Waals surface area (Å²) >= 11 is 1.34. The fourth-order valence-corrected chi connectivity index (χ4v) is 4.05. The zero-order chi connectivity index (χ0) is 22.6. The first-order chi connectivity index (χ1) is 16.2. The highest BCUT2D eigenvalue weighted by Crippen LogP contribution is 2.35. The molecular formula is C25H19N3O4S. The number of benzene rings is 3. The van der Waals surface area contributed by atoms with E-state index in [0.717, 1.165) is 17.0 Å². The smallest absolute Gasteiger partial charge is 0.257 e. The molecule has 0 saturated heterocycles. The standard InChI is InChI=1S/C25H19N3O4S/c29-23(16-4-2-1-3-5-16)26-19-9-6-17(7-10-19)24(30)28-25-27-20(15-33-25)18-8-11-21-22(14-18)32-13-12-31-21/h1-11,14-15H,12-13H2,(H,26,29)(H,27,28,30). The largest absolute Gasteiger partial charge is 0.486 e. The third kappa shape index (κ3) is 4.70. The molecule has 2 heterocycles. The van der Waals surface area contributed by atoms with E-state index < -0.39 is 0 Å². The Balaban J connectivity index is 1.23. The van der Waals surface area contributed by atoms with E-state index in [-0.39, 0.29) is 11.8 Å². The first-order valence-corrected chi connectivity index (χ1v) is 11.2. The van der Waals surface area contributed by atoms with Gasteiger partial charge in [0.15, 0.2) is 16.6 Å². The number of nitrogens with one attached hydrogen (secondary N) is 2. The van der Waals surface area contributed by atoms with Crippen molar-refractivity contribution in [1.82, 2.24) is 4.98 Å². The Kier molecular flexibility index (Phi) is 5.73. The van der Waals surface area contributed by atoms with E-state index in [2.05, 4.69) is 15.6 Å². The van der Waals surface area contributed by atoms with Gasteiger partial charge in [-0.05, 0) is 54.6 Å². The summed E-state index contributed by atoms with van der Waals surface area (Å²) in [5.74, 6) is 0.926. The number of rotatable bonds is 5. The molecule has 1 aliphatic heterocycles. The highest BCUT2D eigenvalue weighted by Gasteiger charge is 2.15. The van der Waals surface area contributed by atoms with Gasteiger partial charge in [-0.2, -0.15) is 0 Å². The molecule has 1 aliphatic rings. The Morgan fingerprint density at radius 3 is 2.27 bits per heavy atom. The quantitative estimate of drug-likeness (QED) is 0.436. The van der Waals surface area contributed by atoms with Gasteiger partial charge in [-0.15, -0.1) is 11.3 Å². The van der Waals surface area contributed by atoms with Crippen LogP contribution in [0.2, 0.25) is 0 Å². The van der Waals surface area contributed by atoms with Crippen molar-refractivity contribution in [3.63, 3.8) is 0 Å². The lowest BCUT2D eigenvalue weighted by Gasteiger charge is -2.18. The summed E-state index contributed by atoms with van der Waals surface area (Å²) in [5, 5.41) is 8.01. The Morgan fingerprint density at radius 1 is 0.788 bits per heavy atom. The number of amides is 2. The van der Waals surface area contributed by atoms with Crippen LogP contribution in [0.3, 0.4) is 0 Å². The molecule has 0 saturated carbocycles. The monoisotopic (exact) mass is 457 g/mol. The summed E-state index contributed by atoms with van der Waals surface area (Å²) < 4.78 is 11.2. The van der Waals surface area contributed by atoms with Crippen LogP contribution in [0, 0.1) is 0 Å². The van der Waals surface area contributed by atoms with Crippen LogP contribution in [-0.4, -0.2) is 30.0 Å². The minimum Gasteiger partial charge on any atom is -0.486 e. The van der Waals surface area contributed by atoms with E-state index in [1.807, 2.05) is 29.6 Å². The summed E-state index contributed by atoms with van der Waals surface area (Å²) in [7, 11) is 0. The van der Waals surface area contributed by atoms with Crippen LogP contribution in [0.1, 0.15) is 20.7 Å². The molecule has 0 fully saturated rings. The molecule has 0 spiro atoms. The topological polar surface area (TPSA) is 89.6 Å². The van der Waals surface area contributed by atoms with Gasteiger partial charge >= 0.3 is 0 Å². The lowest BCUT2D eigenvalue weighted by atomic mass is 10.1. The molecule has 3 aromatic carbocycles. The van der Waals surface area contributed by atoms with Crippen molar-refractivity contribution in [2.24, 2.45) is 0 Å². The first kappa shape index (κ1) is 20.7. The summed E-state index contributed by atoms with van der Waals surface area (Å²) in [6, 6.07) is 21.3. The highest BCUT2D eigenvalue weighted by molar-refractivity contribution is 7.14. The van der Waals surface area contributed by atoms with Gasteiger partial charge in [0.1, 0.15) is 13.2 Å². The predicted octanol–water partition coefficient (Wildman–Crippen LogP) is 5.09. The van der Waals surface area contributed by atoms with Gasteiger partial charge in [-0.3, -0.25) is 14.9 Å². The van der Waals surface area contributed by atoms with Crippen LogP contribution in [-0.2, 0) is 0 Å². The van der Waals surface area contributed by atoms with E-state index in [9.17, 15) is 9.59 Å². The lowest BCUT2D eigenvalue weighted by Crippen LogP contribution is -2.15. The van der Waals surface area contributed by atoms with Crippen LogP contribution in [0.15, 0.2) is 78.2 Å². The molecule has 2 amide bonds. The van der Waals surface area contributed by atoms with Crippen molar-refractivity contribution in [3.05, 3.63) is 89.3 Å². The molecule has 8 heteroatoms. The van der Waals surface area contributed by atoms with Gasteiger partial charge in [0, 0.05) is 27.8 Å². The second kappa shape index (κ2) is 9.13. The number of anilines is 2. The zero-order valence-electron chi connectivity index (χ0n) is 17.4.